The summed E-state index contributed by atoms with van der Waals surface area (Å²) in [6, 6.07) is 15.1. The molecule has 7 heteroatoms. The second-order valence-electron chi connectivity index (χ2n) is 8.74. The highest BCUT2D eigenvalue weighted by Crippen LogP contribution is 2.25. The predicted molar refractivity (Wildman–Crippen MR) is 122 cm³/mol. The van der Waals surface area contributed by atoms with Crippen molar-refractivity contribution in [1.82, 2.24) is 21.1 Å². The number of nitrogens with one attached hydrogen (secondary N) is 3. The SMILES string of the molecule is Cc1ccc(C2CC(C(=O)N3CCC(NC(=O)c4cccc(C#N)c4)CC3)NN2)cc1C. The highest BCUT2D eigenvalue weighted by atomic mass is 16.2. The molecule has 4 rings (SSSR count). The summed E-state index contributed by atoms with van der Waals surface area (Å²) in [6.45, 7) is 5.44. The first-order valence-electron chi connectivity index (χ1n) is 11.1. The van der Waals surface area contributed by atoms with Crippen LogP contribution in [0.2, 0.25) is 0 Å². The van der Waals surface area contributed by atoms with Crippen molar-refractivity contribution < 1.29 is 9.59 Å². The van der Waals surface area contributed by atoms with E-state index in [0.29, 0.717) is 30.6 Å². The number of benzene rings is 2. The van der Waals surface area contributed by atoms with Crippen LogP contribution >= 0.6 is 0 Å². The van der Waals surface area contributed by atoms with Gasteiger partial charge in [0.2, 0.25) is 5.91 Å². The molecule has 7 nitrogen and oxygen atoms in total. The van der Waals surface area contributed by atoms with Crippen LogP contribution in [-0.2, 0) is 4.79 Å². The van der Waals surface area contributed by atoms with Crippen molar-refractivity contribution in [3.8, 4) is 6.07 Å². The first kappa shape index (κ1) is 22.0. The number of nitrogens with zero attached hydrogens (tertiary/aromatic N) is 2. The van der Waals surface area contributed by atoms with Gasteiger partial charge in [-0.1, -0.05) is 24.3 Å². The summed E-state index contributed by atoms with van der Waals surface area (Å²) in [5.41, 5.74) is 11.1. The fourth-order valence-electron chi connectivity index (χ4n) is 4.38. The number of amides is 2. The number of hydrazine groups is 1. The molecule has 166 valence electrons. The summed E-state index contributed by atoms with van der Waals surface area (Å²) in [5.74, 6) is -0.0694. The summed E-state index contributed by atoms with van der Waals surface area (Å²) in [7, 11) is 0. The Bertz CT molecular complexity index is 1050. The molecule has 2 amide bonds. The van der Waals surface area contributed by atoms with Gasteiger partial charge in [0, 0.05) is 30.7 Å². The molecule has 3 N–H and O–H groups in total. The minimum atomic E-state index is -0.249. The quantitative estimate of drug-likeness (QED) is 0.691. The van der Waals surface area contributed by atoms with Gasteiger partial charge in [0.15, 0.2) is 0 Å². The Morgan fingerprint density at radius 3 is 2.56 bits per heavy atom. The maximum atomic E-state index is 13.0. The summed E-state index contributed by atoms with van der Waals surface area (Å²) >= 11 is 0. The van der Waals surface area contributed by atoms with Crippen LogP contribution in [0.3, 0.4) is 0 Å². The maximum Gasteiger partial charge on any atom is 0.251 e. The summed E-state index contributed by atoms with van der Waals surface area (Å²) in [5, 5.41) is 12.1. The zero-order valence-electron chi connectivity index (χ0n) is 18.5. The van der Waals surface area contributed by atoms with E-state index < -0.39 is 0 Å². The van der Waals surface area contributed by atoms with E-state index >= 15 is 0 Å². The number of piperidine rings is 1. The standard InChI is InChI=1S/C25H29N5O2/c1-16-6-7-19(12-17(16)2)22-14-23(29-28-22)25(32)30-10-8-21(9-11-30)27-24(31)20-5-3-4-18(13-20)15-26/h3-7,12-13,21-23,28-29H,8-11,14H2,1-2H3,(H,27,31). The Hall–Kier alpha value is -3.21. The van der Waals surface area contributed by atoms with Gasteiger partial charge in [-0.25, -0.2) is 10.9 Å². The number of hydrogen-bond donors (Lipinski definition) is 3. The number of likely N-dealkylation sites (tertiary alicyclic amines) is 1. The maximum absolute atomic E-state index is 13.0. The molecule has 0 aliphatic carbocycles. The lowest BCUT2D eigenvalue weighted by Crippen LogP contribution is -2.51. The Labute approximate surface area is 188 Å². The topological polar surface area (TPSA) is 97.3 Å². The second kappa shape index (κ2) is 9.51. The number of carbonyl (C=O) groups excluding carboxylic acids is 2. The average molecular weight is 432 g/mol. The van der Waals surface area contributed by atoms with E-state index in [-0.39, 0.29) is 29.9 Å². The number of nitriles is 1. The van der Waals surface area contributed by atoms with Gasteiger partial charge in [0.25, 0.3) is 5.91 Å². The van der Waals surface area contributed by atoms with E-state index in [9.17, 15) is 9.59 Å². The van der Waals surface area contributed by atoms with E-state index in [1.165, 1.54) is 16.7 Å². The molecule has 2 aliphatic rings. The third kappa shape index (κ3) is 4.82. The van der Waals surface area contributed by atoms with Crippen LogP contribution in [0, 0.1) is 25.2 Å². The van der Waals surface area contributed by atoms with Gasteiger partial charge < -0.3 is 10.2 Å². The molecule has 0 spiro atoms. The molecule has 0 bridgehead atoms. The van der Waals surface area contributed by atoms with Crippen molar-refractivity contribution in [2.75, 3.05) is 13.1 Å². The van der Waals surface area contributed by atoms with Crippen LogP contribution in [0.4, 0.5) is 0 Å². The average Bonchev–Trinajstić information content (AvgIpc) is 3.31. The molecule has 0 radical (unpaired) electrons. The molecule has 2 heterocycles. The molecular formula is C25H29N5O2. The molecule has 2 unspecified atom stereocenters. The lowest BCUT2D eigenvalue weighted by molar-refractivity contribution is -0.134. The Kier molecular flexibility index (Phi) is 6.54. The zero-order chi connectivity index (χ0) is 22.7. The zero-order valence-corrected chi connectivity index (χ0v) is 18.5. The highest BCUT2D eigenvalue weighted by molar-refractivity contribution is 5.94. The van der Waals surface area contributed by atoms with Gasteiger partial charge >= 0.3 is 0 Å². The number of hydrogen-bond acceptors (Lipinski definition) is 5. The summed E-state index contributed by atoms with van der Waals surface area (Å²) in [6.07, 6.45) is 2.15. The van der Waals surface area contributed by atoms with Crippen LogP contribution < -0.4 is 16.2 Å². The minimum absolute atomic E-state index is 0.0234. The van der Waals surface area contributed by atoms with E-state index in [1.54, 1.807) is 24.3 Å². The summed E-state index contributed by atoms with van der Waals surface area (Å²) < 4.78 is 0. The van der Waals surface area contributed by atoms with Crippen molar-refractivity contribution in [3.63, 3.8) is 0 Å². The number of carbonyl (C=O) groups is 2. The monoisotopic (exact) mass is 431 g/mol. The van der Waals surface area contributed by atoms with Crippen molar-refractivity contribution >= 4 is 11.8 Å². The van der Waals surface area contributed by atoms with Gasteiger partial charge in [-0.15, -0.1) is 0 Å². The predicted octanol–water partition coefficient (Wildman–Crippen LogP) is 2.50. The molecule has 32 heavy (non-hydrogen) atoms. The third-order valence-corrected chi connectivity index (χ3v) is 6.53. The van der Waals surface area contributed by atoms with Crippen LogP contribution in [0.15, 0.2) is 42.5 Å². The van der Waals surface area contributed by atoms with Gasteiger partial charge in [0.1, 0.15) is 6.04 Å². The van der Waals surface area contributed by atoms with Gasteiger partial charge in [-0.05, 0) is 68.0 Å². The fraction of sp³-hybridized carbons (Fsp3) is 0.400. The van der Waals surface area contributed by atoms with Crippen molar-refractivity contribution in [3.05, 3.63) is 70.3 Å². The van der Waals surface area contributed by atoms with E-state index in [0.717, 1.165) is 12.8 Å². The van der Waals surface area contributed by atoms with Crippen molar-refractivity contribution in [2.24, 2.45) is 0 Å². The Morgan fingerprint density at radius 2 is 1.84 bits per heavy atom. The van der Waals surface area contributed by atoms with Crippen molar-refractivity contribution in [1.29, 1.82) is 5.26 Å². The van der Waals surface area contributed by atoms with Gasteiger partial charge in [-0.2, -0.15) is 5.26 Å². The van der Waals surface area contributed by atoms with E-state index in [4.69, 9.17) is 5.26 Å². The number of aryl methyl sites for hydroxylation is 2. The second-order valence-corrected chi connectivity index (χ2v) is 8.74. The third-order valence-electron chi connectivity index (χ3n) is 6.53. The Morgan fingerprint density at radius 1 is 1.06 bits per heavy atom. The highest BCUT2D eigenvalue weighted by Gasteiger charge is 2.34. The Balaban J connectivity index is 1.28. The smallest absolute Gasteiger partial charge is 0.251 e. The lowest BCUT2D eigenvalue weighted by Gasteiger charge is -2.33. The number of rotatable bonds is 4. The van der Waals surface area contributed by atoms with Crippen LogP contribution in [0.25, 0.3) is 0 Å². The normalized spacial score (nSPS) is 21.2. The molecular weight excluding hydrogens is 402 g/mol. The van der Waals surface area contributed by atoms with Crippen LogP contribution in [-0.4, -0.2) is 41.9 Å². The van der Waals surface area contributed by atoms with Gasteiger partial charge in [-0.3, -0.25) is 9.59 Å². The fourth-order valence-corrected chi connectivity index (χ4v) is 4.38. The molecule has 0 saturated carbocycles. The van der Waals surface area contributed by atoms with Gasteiger partial charge in [0.05, 0.1) is 11.6 Å². The molecule has 2 saturated heterocycles. The first-order valence-corrected chi connectivity index (χ1v) is 11.1. The molecule has 2 fully saturated rings. The van der Waals surface area contributed by atoms with E-state index in [2.05, 4.69) is 54.3 Å². The van der Waals surface area contributed by atoms with Crippen LogP contribution in [0.5, 0.6) is 0 Å². The first-order chi connectivity index (χ1) is 15.4. The molecule has 2 aromatic rings. The van der Waals surface area contributed by atoms with Crippen molar-refractivity contribution in [2.45, 2.75) is 51.2 Å². The molecule has 2 aliphatic heterocycles. The minimum Gasteiger partial charge on any atom is -0.349 e. The lowest BCUT2D eigenvalue weighted by atomic mass is 9.97. The molecule has 2 aromatic carbocycles. The molecule has 2 atom stereocenters. The van der Waals surface area contributed by atoms with E-state index in [1.807, 2.05) is 4.90 Å². The van der Waals surface area contributed by atoms with Crippen LogP contribution in [0.1, 0.15) is 57.9 Å². The molecule has 0 aromatic heterocycles. The largest absolute Gasteiger partial charge is 0.349 e. The summed E-state index contributed by atoms with van der Waals surface area (Å²) in [4.78, 5) is 27.4.